The number of nitrogens with one attached hydrogen (secondary N) is 2. The summed E-state index contributed by atoms with van der Waals surface area (Å²) in [5.74, 6) is -0.923. The van der Waals surface area contributed by atoms with Crippen LogP contribution in [-0.4, -0.2) is 32.0 Å². The highest BCUT2D eigenvalue weighted by atomic mass is 35.5. The topological polar surface area (TPSA) is 93.7 Å². The van der Waals surface area contributed by atoms with Gasteiger partial charge in [0.2, 0.25) is 5.91 Å². The summed E-state index contributed by atoms with van der Waals surface area (Å²) in [6.45, 7) is 0. The van der Waals surface area contributed by atoms with E-state index in [9.17, 15) is 14.4 Å². The second kappa shape index (κ2) is 10.8. The van der Waals surface area contributed by atoms with Gasteiger partial charge in [-0.1, -0.05) is 35.3 Å². The molecule has 33 heavy (non-hydrogen) atoms. The van der Waals surface area contributed by atoms with E-state index in [4.69, 9.17) is 32.7 Å². The Kier molecular flexibility index (Phi) is 7.92. The minimum absolute atomic E-state index is 0.0341. The first kappa shape index (κ1) is 24.1. The van der Waals surface area contributed by atoms with Gasteiger partial charge in [0.05, 0.1) is 42.6 Å². The van der Waals surface area contributed by atoms with E-state index >= 15 is 0 Å². The van der Waals surface area contributed by atoms with Crippen LogP contribution in [0.2, 0.25) is 10.0 Å². The Morgan fingerprint density at radius 1 is 0.879 bits per heavy atom. The number of benzene rings is 3. The summed E-state index contributed by atoms with van der Waals surface area (Å²) in [5.41, 5.74) is 1.48. The second-order valence-electron chi connectivity index (χ2n) is 6.91. The molecule has 170 valence electrons. The fraction of sp³-hybridized carbons (Fsp3) is 0.125. The average molecular weight is 487 g/mol. The number of anilines is 2. The zero-order valence-electron chi connectivity index (χ0n) is 17.8. The third-order valence-corrected chi connectivity index (χ3v) is 5.20. The number of esters is 1. The Bertz CT molecular complexity index is 1210. The molecule has 7 nitrogen and oxygen atoms in total. The molecular formula is C24H20Cl2N2O5. The number of methoxy groups -OCH3 is 2. The lowest BCUT2D eigenvalue weighted by molar-refractivity contribution is -0.115. The Morgan fingerprint density at radius 2 is 1.67 bits per heavy atom. The van der Waals surface area contributed by atoms with Crippen LogP contribution in [0, 0.1) is 0 Å². The van der Waals surface area contributed by atoms with Gasteiger partial charge in [-0.25, -0.2) is 4.79 Å². The van der Waals surface area contributed by atoms with Crippen molar-refractivity contribution in [1.82, 2.24) is 0 Å². The van der Waals surface area contributed by atoms with Crippen LogP contribution in [0.25, 0.3) is 0 Å². The van der Waals surface area contributed by atoms with Crippen LogP contribution in [0.5, 0.6) is 5.75 Å². The van der Waals surface area contributed by atoms with E-state index < -0.39 is 11.9 Å². The highest BCUT2D eigenvalue weighted by molar-refractivity contribution is 6.35. The number of amides is 2. The molecule has 0 unspecified atom stereocenters. The van der Waals surface area contributed by atoms with Gasteiger partial charge in [0.1, 0.15) is 5.75 Å². The quantitative estimate of drug-likeness (QED) is 0.446. The third-order valence-electron chi connectivity index (χ3n) is 4.64. The zero-order chi connectivity index (χ0) is 24.0. The van der Waals surface area contributed by atoms with Gasteiger partial charge in [-0.05, 0) is 54.1 Å². The van der Waals surface area contributed by atoms with Crippen molar-refractivity contribution in [3.05, 3.63) is 87.4 Å². The molecule has 0 aliphatic carbocycles. The molecule has 0 aliphatic heterocycles. The number of carbonyl (C=O) groups excluding carboxylic acids is 3. The Hall–Kier alpha value is -3.55. The Labute approximate surface area is 200 Å². The van der Waals surface area contributed by atoms with Crippen molar-refractivity contribution >= 4 is 52.4 Å². The largest absolute Gasteiger partial charge is 0.497 e. The Morgan fingerprint density at radius 3 is 2.39 bits per heavy atom. The van der Waals surface area contributed by atoms with E-state index in [2.05, 4.69) is 10.6 Å². The summed E-state index contributed by atoms with van der Waals surface area (Å²) in [5, 5.41) is 6.06. The number of carbonyl (C=O) groups is 3. The molecule has 0 aromatic heterocycles. The van der Waals surface area contributed by atoms with E-state index in [-0.39, 0.29) is 29.1 Å². The van der Waals surface area contributed by atoms with Gasteiger partial charge in [-0.15, -0.1) is 0 Å². The fourth-order valence-electron chi connectivity index (χ4n) is 3.03. The maximum Gasteiger partial charge on any atom is 0.339 e. The maximum absolute atomic E-state index is 12.8. The van der Waals surface area contributed by atoms with Crippen molar-refractivity contribution in [2.24, 2.45) is 0 Å². The molecule has 0 bridgehead atoms. The number of hydrogen-bond acceptors (Lipinski definition) is 5. The summed E-state index contributed by atoms with van der Waals surface area (Å²) < 4.78 is 9.96. The molecule has 0 atom stereocenters. The van der Waals surface area contributed by atoms with Gasteiger partial charge >= 0.3 is 5.97 Å². The predicted octanol–water partition coefficient (Wildman–Crippen LogP) is 5.22. The number of hydrogen-bond donors (Lipinski definition) is 2. The smallest absolute Gasteiger partial charge is 0.339 e. The standard InChI is InChI=1S/C24H20Cl2N2O5/c1-32-17-5-3-4-14(10-17)11-22(29)27-20-12-15(6-8-18(20)24(31)33-2)23(30)28-21-13-16(25)7-9-19(21)26/h3-10,12-13H,11H2,1-2H3,(H,27,29)(H,28,30). The minimum Gasteiger partial charge on any atom is -0.497 e. The van der Waals surface area contributed by atoms with Crippen molar-refractivity contribution in [3.8, 4) is 5.75 Å². The highest BCUT2D eigenvalue weighted by Crippen LogP contribution is 2.27. The van der Waals surface area contributed by atoms with Gasteiger partial charge < -0.3 is 20.1 Å². The molecule has 0 saturated heterocycles. The van der Waals surface area contributed by atoms with Crippen molar-refractivity contribution < 1.29 is 23.9 Å². The molecule has 0 saturated carbocycles. The molecule has 0 radical (unpaired) electrons. The lowest BCUT2D eigenvalue weighted by atomic mass is 10.1. The first-order chi connectivity index (χ1) is 15.8. The summed E-state index contributed by atoms with van der Waals surface area (Å²) in [6.07, 6.45) is 0.0341. The van der Waals surface area contributed by atoms with Crippen LogP contribution in [-0.2, 0) is 16.0 Å². The predicted molar refractivity (Wildman–Crippen MR) is 128 cm³/mol. The molecular weight excluding hydrogens is 467 g/mol. The fourth-order valence-corrected chi connectivity index (χ4v) is 3.36. The molecule has 2 amide bonds. The molecule has 0 heterocycles. The van der Waals surface area contributed by atoms with Crippen LogP contribution < -0.4 is 15.4 Å². The van der Waals surface area contributed by atoms with E-state index in [1.54, 1.807) is 36.4 Å². The lowest BCUT2D eigenvalue weighted by Crippen LogP contribution is -2.19. The summed E-state index contributed by atoms with van der Waals surface area (Å²) >= 11 is 12.1. The molecule has 3 rings (SSSR count). The summed E-state index contributed by atoms with van der Waals surface area (Å²) in [6, 6.07) is 16.0. The molecule has 0 fully saturated rings. The molecule has 3 aromatic rings. The van der Waals surface area contributed by atoms with Crippen LogP contribution in [0.1, 0.15) is 26.3 Å². The van der Waals surface area contributed by atoms with Crippen LogP contribution in [0.3, 0.4) is 0 Å². The maximum atomic E-state index is 12.8. The van der Waals surface area contributed by atoms with Crippen molar-refractivity contribution in [2.45, 2.75) is 6.42 Å². The van der Waals surface area contributed by atoms with Crippen LogP contribution in [0.15, 0.2) is 60.7 Å². The summed E-state index contributed by atoms with van der Waals surface area (Å²) in [7, 11) is 2.76. The monoisotopic (exact) mass is 486 g/mol. The molecule has 9 heteroatoms. The van der Waals surface area contributed by atoms with Crippen molar-refractivity contribution in [1.29, 1.82) is 0 Å². The van der Waals surface area contributed by atoms with Crippen LogP contribution >= 0.6 is 23.2 Å². The zero-order valence-corrected chi connectivity index (χ0v) is 19.3. The van der Waals surface area contributed by atoms with Gasteiger partial charge in [0.25, 0.3) is 5.91 Å². The van der Waals surface area contributed by atoms with E-state index in [0.29, 0.717) is 21.5 Å². The van der Waals surface area contributed by atoms with Crippen molar-refractivity contribution in [3.63, 3.8) is 0 Å². The first-order valence-corrected chi connectivity index (χ1v) is 10.5. The first-order valence-electron chi connectivity index (χ1n) is 9.72. The average Bonchev–Trinajstić information content (AvgIpc) is 2.80. The number of halogens is 2. The van der Waals surface area contributed by atoms with Gasteiger partial charge in [0, 0.05) is 10.6 Å². The summed E-state index contributed by atoms with van der Waals surface area (Å²) in [4.78, 5) is 37.6. The van der Waals surface area contributed by atoms with E-state index in [1.807, 2.05) is 0 Å². The number of rotatable bonds is 7. The van der Waals surface area contributed by atoms with E-state index in [0.717, 1.165) is 5.56 Å². The molecule has 2 N–H and O–H groups in total. The third kappa shape index (κ3) is 6.25. The highest BCUT2D eigenvalue weighted by Gasteiger charge is 2.18. The molecule has 3 aromatic carbocycles. The van der Waals surface area contributed by atoms with Crippen molar-refractivity contribution in [2.75, 3.05) is 24.9 Å². The molecule has 0 spiro atoms. The van der Waals surface area contributed by atoms with E-state index in [1.165, 1.54) is 38.5 Å². The lowest BCUT2D eigenvalue weighted by Gasteiger charge is -2.13. The second-order valence-corrected chi connectivity index (χ2v) is 7.75. The Balaban J connectivity index is 1.84. The van der Waals surface area contributed by atoms with Gasteiger partial charge in [0.15, 0.2) is 0 Å². The molecule has 0 aliphatic rings. The van der Waals surface area contributed by atoms with Crippen LogP contribution in [0.4, 0.5) is 11.4 Å². The minimum atomic E-state index is -0.656. The SMILES string of the molecule is COC(=O)c1ccc(C(=O)Nc2cc(Cl)ccc2Cl)cc1NC(=O)Cc1cccc(OC)c1. The van der Waals surface area contributed by atoms with Gasteiger partial charge in [-0.2, -0.15) is 0 Å². The number of ether oxygens (including phenoxy) is 2. The normalized spacial score (nSPS) is 10.3. The van der Waals surface area contributed by atoms with Gasteiger partial charge in [-0.3, -0.25) is 9.59 Å².